The molecule has 0 aliphatic rings. The summed E-state index contributed by atoms with van der Waals surface area (Å²) in [5.74, 6) is 0.00657. The van der Waals surface area contributed by atoms with Crippen molar-refractivity contribution in [3.05, 3.63) is 36.0 Å². The van der Waals surface area contributed by atoms with E-state index in [2.05, 4.69) is 15.2 Å². The highest BCUT2D eigenvalue weighted by Crippen LogP contribution is 2.29. The number of H-pyrrole nitrogens is 1. The molecule has 2 aromatic heterocycles. The number of nitrogens with zero attached hydrogens (tertiary/aromatic N) is 2. The molecule has 0 bridgehead atoms. The van der Waals surface area contributed by atoms with E-state index >= 15 is 0 Å². The Morgan fingerprint density at radius 2 is 2.14 bits per heavy atom. The van der Waals surface area contributed by atoms with Gasteiger partial charge in [-0.05, 0) is 18.2 Å². The maximum Gasteiger partial charge on any atom is 0.249 e. The van der Waals surface area contributed by atoms with Crippen molar-refractivity contribution in [3.63, 3.8) is 0 Å². The molecular weight excluding hydrogens is 270 g/mol. The summed E-state index contributed by atoms with van der Waals surface area (Å²) in [7, 11) is 1.54. The lowest BCUT2D eigenvalue weighted by Crippen LogP contribution is -2.11. The summed E-state index contributed by atoms with van der Waals surface area (Å²) in [6.07, 6.45) is 1.52. The van der Waals surface area contributed by atoms with E-state index < -0.39 is 5.91 Å². The quantitative estimate of drug-likeness (QED) is 0.626. The van der Waals surface area contributed by atoms with Gasteiger partial charge in [0.15, 0.2) is 5.65 Å². The summed E-state index contributed by atoms with van der Waals surface area (Å²) in [6, 6.07) is 6.90. The first kappa shape index (κ1) is 12.9. The summed E-state index contributed by atoms with van der Waals surface area (Å²) in [5.41, 5.74) is 13.9. The van der Waals surface area contributed by atoms with Crippen LogP contribution in [0.25, 0.3) is 22.3 Å². The Bertz CT molecular complexity index is 840. The van der Waals surface area contributed by atoms with Crippen molar-refractivity contribution in [2.24, 2.45) is 5.73 Å². The van der Waals surface area contributed by atoms with E-state index in [1.807, 2.05) is 0 Å². The number of hydrogen-bond donors (Lipinski definition) is 3. The van der Waals surface area contributed by atoms with Crippen LogP contribution in [0.1, 0.15) is 10.4 Å². The molecule has 0 aliphatic heterocycles. The lowest BCUT2D eigenvalue weighted by Gasteiger charge is -2.08. The molecule has 1 aromatic carbocycles. The topological polar surface area (TPSA) is 120 Å². The number of ether oxygens (including phenoxy) is 1. The van der Waals surface area contributed by atoms with Crippen molar-refractivity contribution < 1.29 is 9.53 Å². The molecule has 1 amide bonds. The number of rotatable bonds is 3. The minimum Gasteiger partial charge on any atom is -0.495 e. The molecule has 0 radical (unpaired) electrons. The van der Waals surface area contributed by atoms with Crippen LogP contribution >= 0.6 is 0 Å². The van der Waals surface area contributed by atoms with Gasteiger partial charge in [-0.15, -0.1) is 0 Å². The second kappa shape index (κ2) is 4.78. The van der Waals surface area contributed by atoms with E-state index in [4.69, 9.17) is 16.2 Å². The van der Waals surface area contributed by atoms with Crippen molar-refractivity contribution in [2.45, 2.75) is 0 Å². The third-order valence-corrected chi connectivity index (χ3v) is 3.22. The highest BCUT2D eigenvalue weighted by atomic mass is 16.5. The van der Waals surface area contributed by atoms with Gasteiger partial charge in [0, 0.05) is 5.56 Å². The number of nitrogen functional groups attached to an aromatic ring is 1. The van der Waals surface area contributed by atoms with Crippen molar-refractivity contribution in [1.29, 1.82) is 0 Å². The third-order valence-electron chi connectivity index (χ3n) is 3.22. The molecule has 3 rings (SSSR count). The van der Waals surface area contributed by atoms with Crippen LogP contribution in [0.2, 0.25) is 0 Å². The number of aromatic nitrogens is 3. The molecule has 2 heterocycles. The lowest BCUT2D eigenvalue weighted by atomic mass is 10.1. The first-order valence-corrected chi connectivity index (χ1v) is 6.18. The first-order chi connectivity index (χ1) is 10.1. The predicted molar refractivity (Wildman–Crippen MR) is 78.8 cm³/mol. The van der Waals surface area contributed by atoms with Crippen molar-refractivity contribution in [2.75, 3.05) is 12.8 Å². The summed E-state index contributed by atoms with van der Waals surface area (Å²) in [5, 5.41) is 7.22. The maximum atomic E-state index is 11.6. The number of carbonyl (C=O) groups is 1. The Morgan fingerprint density at radius 3 is 2.86 bits per heavy atom. The fourth-order valence-electron chi connectivity index (χ4n) is 2.15. The van der Waals surface area contributed by atoms with Gasteiger partial charge < -0.3 is 16.2 Å². The average Bonchev–Trinajstić information content (AvgIpc) is 2.94. The molecule has 0 unspecified atom stereocenters. The number of carbonyl (C=O) groups excluding carboxylic acids is 1. The van der Waals surface area contributed by atoms with Crippen LogP contribution in [0.5, 0.6) is 5.75 Å². The van der Waals surface area contributed by atoms with Gasteiger partial charge in [0.1, 0.15) is 5.75 Å². The molecular formula is C14H13N5O2. The number of methoxy groups -OCH3 is 1. The fourth-order valence-corrected chi connectivity index (χ4v) is 2.15. The van der Waals surface area contributed by atoms with E-state index in [1.165, 1.54) is 13.3 Å². The largest absolute Gasteiger partial charge is 0.495 e. The Balaban J connectivity index is 2.22. The molecule has 0 saturated carbocycles. The van der Waals surface area contributed by atoms with Crippen molar-refractivity contribution in [1.82, 2.24) is 15.2 Å². The van der Waals surface area contributed by atoms with Gasteiger partial charge in [-0.1, -0.05) is 6.07 Å². The number of nitrogens with one attached hydrogen (secondary N) is 1. The van der Waals surface area contributed by atoms with E-state index in [9.17, 15) is 4.79 Å². The smallest absolute Gasteiger partial charge is 0.249 e. The van der Waals surface area contributed by atoms with Gasteiger partial charge in [0.2, 0.25) is 5.91 Å². The van der Waals surface area contributed by atoms with E-state index in [0.29, 0.717) is 33.7 Å². The summed E-state index contributed by atoms with van der Waals surface area (Å²) in [4.78, 5) is 16.0. The van der Waals surface area contributed by atoms with Gasteiger partial charge >= 0.3 is 0 Å². The van der Waals surface area contributed by atoms with E-state index in [-0.39, 0.29) is 0 Å². The molecule has 5 N–H and O–H groups in total. The maximum absolute atomic E-state index is 11.6. The number of benzene rings is 1. The molecule has 0 fully saturated rings. The van der Waals surface area contributed by atoms with Crippen LogP contribution in [0.3, 0.4) is 0 Å². The van der Waals surface area contributed by atoms with Gasteiger partial charge in [-0.25, -0.2) is 4.98 Å². The molecule has 7 heteroatoms. The second-order valence-corrected chi connectivity index (χ2v) is 4.51. The van der Waals surface area contributed by atoms with Crippen molar-refractivity contribution in [3.8, 4) is 17.0 Å². The van der Waals surface area contributed by atoms with Gasteiger partial charge in [-0.3, -0.25) is 9.89 Å². The van der Waals surface area contributed by atoms with Crippen molar-refractivity contribution >= 4 is 22.6 Å². The molecule has 0 saturated heterocycles. The number of nitrogens with two attached hydrogens (primary N) is 2. The van der Waals surface area contributed by atoms with Crippen LogP contribution < -0.4 is 16.2 Å². The highest BCUT2D eigenvalue weighted by Gasteiger charge is 2.13. The molecule has 106 valence electrons. The van der Waals surface area contributed by atoms with E-state index in [0.717, 1.165) is 5.56 Å². The monoisotopic (exact) mass is 283 g/mol. The van der Waals surface area contributed by atoms with Crippen LogP contribution in [-0.4, -0.2) is 28.2 Å². The lowest BCUT2D eigenvalue weighted by molar-refractivity contribution is 0.100. The zero-order valence-electron chi connectivity index (χ0n) is 11.3. The summed E-state index contributed by atoms with van der Waals surface area (Å²) >= 11 is 0. The summed E-state index contributed by atoms with van der Waals surface area (Å²) < 4.78 is 5.19. The number of amides is 1. The van der Waals surface area contributed by atoms with Gasteiger partial charge in [0.25, 0.3) is 0 Å². The molecule has 21 heavy (non-hydrogen) atoms. The second-order valence-electron chi connectivity index (χ2n) is 4.51. The Labute approximate surface area is 119 Å². The zero-order valence-corrected chi connectivity index (χ0v) is 11.3. The third kappa shape index (κ3) is 2.14. The number of fused-ring (bicyclic) bond motifs is 1. The number of primary amides is 1. The number of pyridine rings is 1. The number of anilines is 1. The highest BCUT2D eigenvalue weighted by molar-refractivity contribution is 6.05. The Morgan fingerprint density at radius 1 is 1.33 bits per heavy atom. The zero-order chi connectivity index (χ0) is 15.0. The molecule has 7 nitrogen and oxygen atoms in total. The molecule has 0 atom stereocenters. The number of aromatic amines is 1. The summed E-state index contributed by atoms with van der Waals surface area (Å²) in [6.45, 7) is 0. The fraction of sp³-hybridized carbons (Fsp3) is 0.0714. The minimum absolute atomic E-state index is 0.361. The van der Waals surface area contributed by atoms with Crippen LogP contribution in [0.15, 0.2) is 30.5 Å². The molecule has 0 aliphatic carbocycles. The van der Waals surface area contributed by atoms with Gasteiger partial charge in [-0.2, -0.15) is 5.10 Å². The van der Waals surface area contributed by atoms with Gasteiger partial charge in [0.05, 0.1) is 35.6 Å². The van der Waals surface area contributed by atoms with Crippen LogP contribution in [0.4, 0.5) is 5.69 Å². The minimum atomic E-state index is -0.535. The number of hydrogen-bond acceptors (Lipinski definition) is 5. The van der Waals surface area contributed by atoms with E-state index in [1.54, 1.807) is 24.3 Å². The molecule has 0 spiro atoms. The average molecular weight is 283 g/mol. The predicted octanol–water partition coefficient (Wildman–Crippen LogP) is 1.31. The SMILES string of the molecule is COc1cc(-c2cc(C(N)=O)c3cn[nH]c3n2)ccc1N. The Kier molecular flexibility index (Phi) is 2.94. The van der Waals surface area contributed by atoms with Crippen LogP contribution in [-0.2, 0) is 0 Å². The van der Waals surface area contributed by atoms with Crippen LogP contribution in [0, 0.1) is 0 Å². The molecule has 3 aromatic rings. The Hall–Kier alpha value is -3.09. The standard InChI is InChI=1S/C14H13N5O2/c1-21-12-4-7(2-3-10(12)15)11-5-8(13(16)20)9-6-17-19-14(9)18-11/h2-6H,15H2,1H3,(H2,16,20)(H,17,18,19). The normalized spacial score (nSPS) is 10.7. The first-order valence-electron chi connectivity index (χ1n) is 6.18.